The predicted molar refractivity (Wildman–Crippen MR) is 81.7 cm³/mol. The van der Waals surface area contributed by atoms with Crippen molar-refractivity contribution in [2.75, 3.05) is 52.9 Å². The van der Waals surface area contributed by atoms with Gasteiger partial charge in [0.2, 0.25) is 0 Å². The van der Waals surface area contributed by atoms with Crippen LogP contribution in [0.2, 0.25) is 0 Å². The van der Waals surface area contributed by atoms with Gasteiger partial charge in [0.05, 0.1) is 0 Å². The Morgan fingerprint density at radius 2 is 1.89 bits per heavy atom. The van der Waals surface area contributed by atoms with Gasteiger partial charge in [0, 0.05) is 45.8 Å². The maximum Gasteiger partial charge on any atom is 0.0110 e. The number of piperazine rings is 1. The molecule has 3 heteroatoms. The molecule has 1 atom stereocenters. The lowest BCUT2D eigenvalue weighted by Gasteiger charge is -2.30. The topological polar surface area (TPSA) is 18.5 Å². The van der Waals surface area contributed by atoms with Crippen molar-refractivity contribution in [1.29, 1.82) is 0 Å². The Labute approximate surface area is 117 Å². The fourth-order valence-electron chi connectivity index (χ4n) is 2.69. The van der Waals surface area contributed by atoms with Gasteiger partial charge in [-0.2, -0.15) is 0 Å². The van der Waals surface area contributed by atoms with E-state index in [1.54, 1.807) is 0 Å². The molecule has 0 saturated carbocycles. The van der Waals surface area contributed by atoms with Gasteiger partial charge in [0.25, 0.3) is 0 Å². The molecule has 1 aliphatic rings. The molecule has 1 unspecified atom stereocenters. The summed E-state index contributed by atoms with van der Waals surface area (Å²) < 4.78 is 0. The summed E-state index contributed by atoms with van der Waals surface area (Å²) in [5, 5.41) is 3.40. The minimum Gasteiger partial charge on any atom is -0.314 e. The second-order valence-electron chi connectivity index (χ2n) is 5.67. The van der Waals surface area contributed by atoms with Crippen LogP contribution < -0.4 is 5.32 Å². The van der Waals surface area contributed by atoms with Crippen molar-refractivity contribution >= 4 is 0 Å². The van der Waals surface area contributed by atoms with Crippen molar-refractivity contribution in [3.8, 4) is 0 Å². The predicted octanol–water partition coefficient (Wildman–Crippen LogP) is 1.63. The van der Waals surface area contributed by atoms with Crippen LogP contribution in [0.1, 0.15) is 18.4 Å². The molecule has 1 aromatic carbocycles. The molecular weight excluding hydrogens is 234 g/mol. The zero-order valence-electron chi connectivity index (χ0n) is 12.3. The van der Waals surface area contributed by atoms with Gasteiger partial charge in [-0.1, -0.05) is 37.3 Å². The van der Waals surface area contributed by atoms with E-state index in [0.717, 1.165) is 26.2 Å². The van der Waals surface area contributed by atoms with Crippen LogP contribution in [0.15, 0.2) is 30.3 Å². The van der Waals surface area contributed by atoms with Crippen LogP contribution >= 0.6 is 0 Å². The normalized spacial score (nSPS) is 18.7. The number of nitrogens with zero attached hydrogens (tertiary/aromatic N) is 2. The summed E-state index contributed by atoms with van der Waals surface area (Å²) in [6.45, 7) is 10.5. The molecule has 1 saturated heterocycles. The molecule has 1 heterocycles. The van der Waals surface area contributed by atoms with Crippen LogP contribution in [0.3, 0.4) is 0 Å². The fraction of sp³-hybridized carbons (Fsp3) is 0.625. The molecule has 3 nitrogen and oxygen atoms in total. The lowest BCUT2D eigenvalue weighted by atomic mass is 10.0. The first-order valence-electron chi connectivity index (χ1n) is 7.42. The SMILES string of the molecule is CC(CN(C)CCN1CCNCC1)c1ccccc1. The van der Waals surface area contributed by atoms with Gasteiger partial charge < -0.3 is 10.2 Å². The first-order chi connectivity index (χ1) is 9.25. The highest BCUT2D eigenvalue weighted by Gasteiger charge is 2.12. The maximum absolute atomic E-state index is 3.40. The lowest BCUT2D eigenvalue weighted by Crippen LogP contribution is -2.46. The van der Waals surface area contributed by atoms with E-state index in [1.165, 1.54) is 25.2 Å². The Bertz CT molecular complexity index is 346. The molecule has 1 N–H and O–H groups in total. The third-order valence-corrected chi connectivity index (χ3v) is 3.96. The van der Waals surface area contributed by atoms with Gasteiger partial charge in [-0.05, 0) is 18.5 Å². The molecule has 0 bridgehead atoms. The zero-order valence-corrected chi connectivity index (χ0v) is 12.3. The number of nitrogens with one attached hydrogen (secondary N) is 1. The number of likely N-dealkylation sites (N-methyl/N-ethyl adjacent to an activating group) is 1. The van der Waals surface area contributed by atoms with Crippen molar-refractivity contribution in [3.63, 3.8) is 0 Å². The third-order valence-electron chi connectivity index (χ3n) is 3.96. The van der Waals surface area contributed by atoms with Gasteiger partial charge in [-0.3, -0.25) is 4.90 Å². The zero-order chi connectivity index (χ0) is 13.5. The Morgan fingerprint density at radius 3 is 2.58 bits per heavy atom. The van der Waals surface area contributed by atoms with Crippen LogP contribution in [0, 0.1) is 0 Å². The summed E-state index contributed by atoms with van der Waals surface area (Å²) in [7, 11) is 2.24. The Morgan fingerprint density at radius 1 is 1.21 bits per heavy atom. The van der Waals surface area contributed by atoms with Gasteiger partial charge in [0.1, 0.15) is 0 Å². The van der Waals surface area contributed by atoms with Crippen molar-refractivity contribution in [3.05, 3.63) is 35.9 Å². The van der Waals surface area contributed by atoms with E-state index in [9.17, 15) is 0 Å². The molecule has 0 radical (unpaired) electrons. The van der Waals surface area contributed by atoms with Gasteiger partial charge in [-0.25, -0.2) is 0 Å². The molecular formula is C16H27N3. The summed E-state index contributed by atoms with van der Waals surface area (Å²) in [5.74, 6) is 0.606. The minimum absolute atomic E-state index is 0.606. The highest BCUT2D eigenvalue weighted by Crippen LogP contribution is 2.15. The number of hydrogen-bond donors (Lipinski definition) is 1. The molecule has 0 aromatic heterocycles. The van der Waals surface area contributed by atoms with Crippen LogP contribution in [-0.4, -0.2) is 62.7 Å². The third kappa shape index (κ3) is 4.94. The van der Waals surface area contributed by atoms with E-state index in [1.807, 2.05) is 0 Å². The Hall–Kier alpha value is -0.900. The highest BCUT2D eigenvalue weighted by atomic mass is 15.2. The van der Waals surface area contributed by atoms with E-state index < -0.39 is 0 Å². The second kappa shape index (κ2) is 7.63. The van der Waals surface area contributed by atoms with E-state index >= 15 is 0 Å². The minimum atomic E-state index is 0.606. The van der Waals surface area contributed by atoms with Crippen molar-refractivity contribution in [2.45, 2.75) is 12.8 Å². The van der Waals surface area contributed by atoms with Crippen LogP contribution in [0.25, 0.3) is 0 Å². The van der Waals surface area contributed by atoms with Crippen LogP contribution in [0.5, 0.6) is 0 Å². The monoisotopic (exact) mass is 261 g/mol. The molecule has 1 aromatic rings. The molecule has 1 fully saturated rings. The Balaban J connectivity index is 1.70. The van der Waals surface area contributed by atoms with Crippen LogP contribution in [-0.2, 0) is 0 Å². The fourth-order valence-corrected chi connectivity index (χ4v) is 2.69. The van der Waals surface area contributed by atoms with Gasteiger partial charge in [0.15, 0.2) is 0 Å². The summed E-state index contributed by atoms with van der Waals surface area (Å²) in [6, 6.07) is 10.8. The summed E-state index contributed by atoms with van der Waals surface area (Å²) in [5.41, 5.74) is 1.44. The molecule has 2 rings (SSSR count). The smallest absolute Gasteiger partial charge is 0.0110 e. The van der Waals surface area contributed by atoms with E-state index in [-0.39, 0.29) is 0 Å². The van der Waals surface area contributed by atoms with Gasteiger partial charge in [-0.15, -0.1) is 0 Å². The molecule has 1 aliphatic heterocycles. The first-order valence-corrected chi connectivity index (χ1v) is 7.42. The number of hydrogen-bond acceptors (Lipinski definition) is 3. The lowest BCUT2D eigenvalue weighted by molar-refractivity contribution is 0.202. The molecule has 19 heavy (non-hydrogen) atoms. The summed E-state index contributed by atoms with van der Waals surface area (Å²) in [4.78, 5) is 5.01. The van der Waals surface area contributed by atoms with Crippen molar-refractivity contribution in [1.82, 2.24) is 15.1 Å². The van der Waals surface area contributed by atoms with E-state index in [2.05, 4.69) is 59.4 Å². The summed E-state index contributed by atoms with van der Waals surface area (Å²) in [6.07, 6.45) is 0. The number of benzene rings is 1. The number of rotatable bonds is 6. The van der Waals surface area contributed by atoms with Crippen molar-refractivity contribution < 1.29 is 0 Å². The molecule has 0 aliphatic carbocycles. The molecule has 0 spiro atoms. The molecule has 0 amide bonds. The average Bonchev–Trinajstić information content (AvgIpc) is 2.47. The first kappa shape index (κ1) is 14.5. The van der Waals surface area contributed by atoms with E-state index in [4.69, 9.17) is 0 Å². The summed E-state index contributed by atoms with van der Waals surface area (Å²) >= 11 is 0. The van der Waals surface area contributed by atoms with E-state index in [0.29, 0.717) is 5.92 Å². The average molecular weight is 261 g/mol. The highest BCUT2D eigenvalue weighted by molar-refractivity contribution is 5.18. The Kier molecular flexibility index (Phi) is 5.83. The van der Waals surface area contributed by atoms with Crippen molar-refractivity contribution in [2.24, 2.45) is 0 Å². The largest absolute Gasteiger partial charge is 0.314 e. The molecule has 106 valence electrons. The second-order valence-corrected chi connectivity index (χ2v) is 5.67. The van der Waals surface area contributed by atoms with Gasteiger partial charge >= 0.3 is 0 Å². The maximum atomic E-state index is 3.40. The van der Waals surface area contributed by atoms with Crippen LogP contribution in [0.4, 0.5) is 0 Å². The standard InChI is InChI=1S/C16H27N3/c1-15(16-6-4-3-5-7-16)14-18(2)12-13-19-10-8-17-9-11-19/h3-7,15,17H,8-14H2,1-2H3. The quantitative estimate of drug-likeness (QED) is 0.839.